The minimum atomic E-state index is -4.05. The van der Waals surface area contributed by atoms with Gasteiger partial charge in [-0.15, -0.1) is 0 Å². The summed E-state index contributed by atoms with van der Waals surface area (Å²) < 4.78 is 69.0. The van der Waals surface area contributed by atoms with Gasteiger partial charge in [0.25, 0.3) is 10.0 Å². The molecular formula is C19H22N2O8S2. The van der Waals surface area contributed by atoms with Crippen LogP contribution in [0, 0.1) is 6.92 Å². The van der Waals surface area contributed by atoms with Gasteiger partial charge in [-0.1, -0.05) is 0 Å². The number of hydrogen-bond donors (Lipinski definition) is 1. The van der Waals surface area contributed by atoms with Crippen LogP contribution >= 0.6 is 0 Å². The van der Waals surface area contributed by atoms with E-state index in [0.29, 0.717) is 10.1 Å². The molecule has 1 aliphatic rings. The summed E-state index contributed by atoms with van der Waals surface area (Å²) >= 11 is 0. The number of ether oxygens (including phenoxy) is 3. The lowest BCUT2D eigenvalue weighted by atomic mass is 10.2. The van der Waals surface area contributed by atoms with Gasteiger partial charge >= 0.3 is 0 Å². The second-order valence-electron chi connectivity index (χ2n) is 6.69. The summed E-state index contributed by atoms with van der Waals surface area (Å²) in [6.07, 6.45) is -0.107. The molecule has 1 amide bonds. The molecule has 3 rings (SSSR count). The molecule has 1 fully saturated rings. The highest BCUT2D eigenvalue weighted by atomic mass is 32.2. The smallest absolute Gasteiger partial charge is 0.262 e. The van der Waals surface area contributed by atoms with Gasteiger partial charge in [0.05, 0.1) is 43.4 Å². The van der Waals surface area contributed by atoms with Crippen LogP contribution in [-0.4, -0.2) is 49.8 Å². The second kappa shape index (κ2) is 8.27. The fourth-order valence-electron chi connectivity index (χ4n) is 3.28. The van der Waals surface area contributed by atoms with Gasteiger partial charge in [0.1, 0.15) is 0 Å². The number of methoxy groups -OCH3 is 3. The first-order chi connectivity index (χ1) is 14.5. The van der Waals surface area contributed by atoms with E-state index in [0.717, 1.165) is 0 Å². The van der Waals surface area contributed by atoms with Crippen molar-refractivity contribution in [3.63, 3.8) is 0 Å². The summed E-state index contributed by atoms with van der Waals surface area (Å²) in [5.74, 6) is 0.0254. The molecule has 2 aromatic rings. The fraction of sp³-hybridized carbons (Fsp3) is 0.316. The topological polar surface area (TPSA) is 128 Å². The Labute approximate surface area is 180 Å². The predicted molar refractivity (Wildman–Crippen MR) is 114 cm³/mol. The van der Waals surface area contributed by atoms with Gasteiger partial charge < -0.3 is 14.2 Å². The number of rotatable bonds is 7. The number of anilines is 2. The van der Waals surface area contributed by atoms with Crippen molar-refractivity contribution in [1.82, 2.24) is 0 Å². The van der Waals surface area contributed by atoms with Crippen molar-refractivity contribution in [2.24, 2.45) is 0 Å². The first-order valence-electron chi connectivity index (χ1n) is 9.03. The van der Waals surface area contributed by atoms with Gasteiger partial charge in [-0.05, 0) is 30.7 Å². The number of nitrogens with zero attached hydrogens (tertiary/aromatic N) is 1. The molecule has 0 aromatic heterocycles. The van der Waals surface area contributed by atoms with Crippen LogP contribution in [0.1, 0.15) is 12.0 Å². The lowest BCUT2D eigenvalue weighted by molar-refractivity contribution is -0.116. The number of carbonyl (C=O) groups is 1. The SMILES string of the molecule is COc1cc(NS(=O)(=O)c2ccc(N3C(=O)CCS3(=O)=O)cc2C)cc(OC)c1OC. The van der Waals surface area contributed by atoms with Crippen LogP contribution in [0.3, 0.4) is 0 Å². The quantitative estimate of drug-likeness (QED) is 0.650. The molecule has 168 valence electrons. The van der Waals surface area contributed by atoms with Crippen molar-refractivity contribution < 1.29 is 35.8 Å². The van der Waals surface area contributed by atoms with Gasteiger partial charge in [0, 0.05) is 18.6 Å². The Balaban J connectivity index is 1.97. The van der Waals surface area contributed by atoms with E-state index in [2.05, 4.69) is 4.72 Å². The number of nitrogens with one attached hydrogen (secondary N) is 1. The highest BCUT2D eigenvalue weighted by molar-refractivity contribution is 7.94. The molecule has 0 aliphatic carbocycles. The summed E-state index contributed by atoms with van der Waals surface area (Å²) in [4.78, 5) is 11.9. The maximum Gasteiger partial charge on any atom is 0.262 e. The van der Waals surface area contributed by atoms with E-state index in [1.54, 1.807) is 0 Å². The van der Waals surface area contributed by atoms with E-state index in [9.17, 15) is 21.6 Å². The normalized spacial score (nSPS) is 15.6. The first kappa shape index (κ1) is 22.7. The molecule has 0 spiro atoms. The van der Waals surface area contributed by atoms with Gasteiger partial charge in [-0.3, -0.25) is 9.52 Å². The molecule has 2 aromatic carbocycles. The van der Waals surface area contributed by atoms with Crippen LogP contribution in [0.4, 0.5) is 11.4 Å². The minimum Gasteiger partial charge on any atom is -0.493 e. The third-order valence-corrected chi connectivity index (χ3v) is 7.91. The zero-order chi connectivity index (χ0) is 23.0. The average Bonchev–Trinajstić information content (AvgIpc) is 2.98. The molecule has 0 saturated carbocycles. The zero-order valence-electron chi connectivity index (χ0n) is 17.3. The van der Waals surface area contributed by atoms with E-state index < -0.39 is 26.0 Å². The Morgan fingerprint density at radius 2 is 1.61 bits per heavy atom. The molecule has 1 N–H and O–H groups in total. The Kier molecular flexibility index (Phi) is 6.05. The van der Waals surface area contributed by atoms with Crippen molar-refractivity contribution in [2.45, 2.75) is 18.2 Å². The monoisotopic (exact) mass is 470 g/mol. The Bertz CT molecular complexity index is 1210. The molecule has 0 radical (unpaired) electrons. The molecule has 1 saturated heterocycles. The minimum absolute atomic E-state index is 0.0750. The number of aryl methyl sites for hydroxylation is 1. The molecule has 0 atom stereocenters. The standard InChI is InChI=1S/C19H22N2O8S2/c1-12-9-14(21-18(22)7-8-30(21,23)24)5-6-17(12)31(25,26)20-13-10-15(27-2)19(29-4)16(11-13)28-3/h5-6,9-11,20H,7-8H2,1-4H3. The van der Waals surface area contributed by atoms with Crippen LogP contribution in [0.5, 0.6) is 17.2 Å². The Morgan fingerprint density at radius 1 is 1.00 bits per heavy atom. The van der Waals surface area contributed by atoms with Crippen molar-refractivity contribution in [3.8, 4) is 17.2 Å². The maximum absolute atomic E-state index is 13.0. The molecular weight excluding hydrogens is 448 g/mol. The van der Waals surface area contributed by atoms with Crippen molar-refractivity contribution in [3.05, 3.63) is 35.9 Å². The largest absolute Gasteiger partial charge is 0.493 e. The number of carbonyl (C=O) groups excluding carboxylic acids is 1. The highest BCUT2D eigenvalue weighted by Gasteiger charge is 2.36. The van der Waals surface area contributed by atoms with Gasteiger partial charge in [-0.25, -0.2) is 21.1 Å². The predicted octanol–water partition coefficient (Wildman–Crippen LogP) is 1.89. The van der Waals surface area contributed by atoms with Crippen LogP contribution in [0.25, 0.3) is 0 Å². The van der Waals surface area contributed by atoms with Crippen molar-refractivity contribution in [1.29, 1.82) is 0 Å². The third kappa shape index (κ3) is 4.26. The number of benzene rings is 2. The van der Waals surface area contributed by atoms with Crippen molar-refractivity contribution >= 4 is 37.3 Å². The molecule has 12 heteroatoms. The lowest BCUT2D eigenvalue weighted by Crippen LogP contribution is -2.29. The van der Waals surface area contributed by atoms with Gasteiger partial charge in [-0.2, -0.15) is 0 Å². The summed E-state index contributed by atoms with van der Waals surface area (Å²) in [7, 11) is -3.55. The molecule has 31 heavy (non-hydrogen) atoms. The summed E-state index contributed by atoms with van der Waals surface area (Å²) in [6.45, 7) is 1.51. The van der Waals surface area contributed by atoms with Crippen molar-refractivity contribution in [2.75, 3.05) is 36.1 Å². The average molecular weight is 471 g/mol. The molecule has 0 bridgehead atoms. The second-order valence-corrected chi connectivity index (χ2v) is 10.3. The molecule has 10 nitrogen and oxygen atoms in total. The third-order valence-electron chi connectivity index (χ3n) is 4.68. The van der Waals surface area contributed by atoms with Crippen LogP contribution in [0.15, 0.2) is 35.2 Å². The van der Waals surface area contributed by atoms with E-state index >= 15 is 0 Å². The first-order valence-corrected chi connectivity index (χ1v) is 12.1. The van der Waals surface area contributed by atoms with E-state index in [-0.39, 0.29) is 45.5 Å². The van der Waals surface area contributed by atoms with E-state index in [1.807, 2.05) is 0 Å². The zero-order valence-corrected chi connectivity index (χ0v) is 19.0. The molecule has 0 unspecified atom stereocenters. The summed E-state index contributed by atoms with van der Waals surface area (Å²) in [6, 6.07) is 6.78. The van der Waals surface area contributed by atoms with Gasteiger partial charge in [0.2, 0.25) is 21.7 Å². The Morgan fingerprint density at radius 3 is 2.06 bits per heavy atom. The van der Waals surface area contributed by atoms with Gasteiger partial charge in [0.15, 0.2) is 11.5 Å². The van der Waals surface area contributed by atoms with Crippen LogP contribution in [-0.2, 0) is 24.8 Å². The van der Waals surface area contributed by atoms with Crippen LogP contribution < -0.4 is 23.2 Å². The lowest BCUT2D eigenvalue weighted by Gasteiger charge is -2.18. The number of sulfonamides is 2. The summed E-state index contributed by atoms with van der Waals surface area (Å²) in [5, 5.41) is 0. The fourth-order valence-corrected chi connectivity index (χ4v) is 6.00. The molecule has 1 heterocycles. The number of amides is 1. The highest BCUT2D eigenvalue weighted by Crippen LogP contribution is 2.40. The summed E-state index contributed by atoms with van der Waals surface area (Å²) in [5.41, 5.74) is 0.550. The van der Waals surface area contributed by atoms with E-state index in [4.69, 9.17) is 14.2 Å². The molecule has 1 aliphatic heterocycles. The Hall–Kier alpha value is -2.99. The van der Waals surface area contributed by atoms with E-state index in [1.165, 1.54) is 58.6 Å². The number of hydrogen-bond acceptors (Lipinski definition) is 8. The van der Waals surface area contributed by atoms with Crippen LogP contribution in [0.2, 0.25) is 0 Å². The maximum atomic E-state index is 13.0.